The van der Waals surface area contributed by atoms with Gasteiger partial charge in [-0.05, 0) is 82.5 Å². The fourth-order valence-electron chi connectivity index (χ4n) is 3.58. The SMILES string of the molecule is COc1cc([C@@H](C[N+](=O)[O-])Sc2nnc(C)n2-c2ccc(F)cc2)cc(Br)c1OCc1ccc(F)cc1. The van der Waals surface area contributed by atoms with Crippen LogP contribution in [0.4, 0.5) is 8.78 Å². The second-order valence-electron chi connectivity index (χ2n) is 7.91. The first kappa shape index (κ1) is 26.6. The van der Waals surface area contributed by atoms with Gasteiger partial charge in [0, 0.05) is 10.6 Å². The van der Waals surface area contributed by atoms with Gasteiger partial charge in [-0.1, -0.05) is 23.9 Å². The van der Waals surface area contributed by atoms with Crippen molar-refractivity contribution in [3.8, 4) is 17.2 Å². The van der Waals surface area contributed by atoms with Gasteiger partial charge in [-0.2, -0.15) is 0 Å². The molecule has 0 aliphatic carbocycles. The maximum absolute atomic E-state index is 13.5. The molecule has 8 nitrogen and oxygen atoms in total. The highest BCUT2D eigenvalue weighted by Crippen LogP contribution is 2.43. The minimum absolute atomic E-state index is 0.168. The fraction of sp³-hybridized carbons (Fsp3) is 0.200. The molecule has 0 radical (unpaired) electrons. The summed E-state index contributed by atoms with van der Waals surface area (Å²) in [6.45, 7) is 1.52. The highest BCUT2D eigenvalue weighted by Gasteiger charge is 2.26. The third kappa shape index (κ3) is 6.44. The van der Waals surface area contributed by atoms with Crippen molar-refractivity contribution in [2.24, 2.45) is 0 Å². The quantitative estimate of drug-likeness (QED) is 0.121. The van der Waals surface area contributed by atoms with Gasteiger partial charge >= 0.3 is 0 Å². The van der Waals surface area contributed by atoms with Crippen molar-refractivity contribution in [1.29, 1.82) is 0 Å². The maximum Gasteiger partial charge on any atom is 0.220 e. The van der Waals surface area contributed by atoms with Crippen LogP contribution in [0.2, 0.25) is 0 Å². The molecule has 0 fully saturated rings. The second kappa shape index (κ2) is 11.7. The normalized spacial score (nSPS) is 11.8. The van der Waals surface area contributed by atoms with E-state index in [2.05, 4.69) is 26.1 Å². The number of hydrogen-bond donors (Lipinski definition) is 0. The Kier molecular flexibility index (Phi) is 8.39. The minimum Gasteiger partial charge on any atom is -0.493 e. The molecule has 192 valence electrons. The van der Waals surface area contributed by atoms with Gasteiger partial charge in [0.25, 0.3) is 0 Å². The molecule has 0 aliphatic rings. The van der Waals surface area contributed by atoms with Gasteiger partial charge in [0.15, 0.2) is 16.7 Å². The Morgan fingerprint density at radius 1 is 1.08 bits per heavy atom. The van der Waals surface area contributed by atoms with E-state index in [-0.39, 0.29) is 18.2 Å². The second-order valence-corrected chi connectivity index (χ2v) is 9.94. The summed E-state index contributed by atoms with van der Waals surface area (Å²) < 4.78 is 40.3. The summed E-state index contributed by atoms with van der Waals surface area (Å²) in [7, 11) is 1.47. The van der Waals surface area contributed by atoms with Crippen molar-refractivity contribution in [1.82, 2.24) is 14.8 Å². The number of thioether (sulfide) groups is 1. The Bertz CT molecular complexity index is 1400. The van der Waals surface area contributed by atoms with Crippen LogP contribution in [-0.2, 0) is 6.61 Å². The van der Waals surface area contributed by atoms with Crippen molar-refractivity contribution in [2.75, 3.05) is 13.7 Å². The molecule has 1 atom stereocenters. The fourth-order valence-corrected chi connectivity index (χ4v) is 5.31. The van der Waals surface area contributed by atoms with E-state index in [1.807, 2.05) is 0 Å². The standard InChI is InChI=1S/C25H21BrF2N4O4S/c1-15-29-30-25(32(15)20-9-7-19(28)8-10-20)37-23(13-31(33)34)17-11-21(26)24(22(12-17)35-2)36-14-16-3-5-18(27)6-4-16/h3-12,23H,13-14H2,1-2H3/t23-/m1/s1. The third-order valence-corrected chi connectivity index (χ3v) is 7.13. The van der Waals surface area contributed by atoms with Crippen LogP contribution in [0.1, 0.15) is 22.2 Å². The van der Waals surface area contributed by atoms with Crippen LogP contribution in [0.5, 0.6) is 11.5 Å². The van der Waals surface area contributed by atoms with Crippen molar-refractivity contribution in [3.05, 3.63) is 104 Å². The zero-order valence-corrected chi connectivity index (χ0v) is 22.1. The van der Waals surface area contributed by atoms with Crippen LogP contribution in [0.25, 0.3) is 5.69 Å². The highest BCUT2D eigenvalue weighted by atomic mass is 79.9. The first-order valence-electron chi connectivity index (χ1n) is 11.0. The van der Waals surface area contributed by atoms with E-state index in [0.717, 1.165) is 17.3 Å². The third-order valence-electron chi connectivity index (χ3n) is 5.36. The van der Waals surface area contributed by atoms with Crippen molar-refractivity contribution < 1.29 is 23.2 Å². The molecule has 0 amide bonds. The summed E-state index contributed by atoms with van der Waals surface area (Å²) in [6.07, 6.45) is 0. The Morgan fingerprint density at radius 2 is 1.73 bits per heavy atom. The Hall–Kier alpha value is -3.51. The molecular formula is C25H21BrF2N4O4S. The van der Waals surface area contributed by atoms with Gasteiger partial charge in [-0.3, -0.25) is 14.7 Å². The van der Waals surface area contributed by atoms with E-state index >= 15 is 0 Å². The van der Waals surface area contributed by atoms with E-state index in [4.69, 9.17) is 9.47 Å². The largest absolute Gasteiger partial charge is 0.493 e. The lowest BCUT2D eigenvalue weighted by molar-refractivity contribution is -0.479. The summed E-state index contributed by atoms with van der Waals surface area (Å²) >= 11 is 4.66. The molecule has 0 saturated heterocycles. The Labute approximate surface area is 223 Å². The van der Waals surface area contributed by atoms with Crippen molar-refractivity contribution in [2.45, 2.75) is 23.9 Å². The number of rotatable bonds is 10. The van der Waals surface area contributed by atoms with Crippen LogP contribution < -0.4 is 9.47 Å². The molecule has 0 N–H and O–H groups in total. The predicted molar refractivity (Wildman–Crippen MR) is 138 cm³/mol. The van der Waals surface area contributed by atoms with Crippen molar-refractivity contribution >= 4 is 27.7 Å². The van der Waals surface area contributed by atoms with Crippen LogP contribution in [0.15, 0.2) is 70.3 Å². The molecule has 0 spiro atoms. The summed E-state index contributed by atoms with van der Waals surface area (Å²) in [5.74, 6) is 0.611. The molecule has 37 heavy (non-hydrogen) atoms. The van der Waals surface area contributed by atoms with Gasteiger partial charge < -0.3 is 9.47 Å². The van der Waals surface area contributed by atoms with E-state index in [0.29, 0.717) is 38.2 Å². The lowest BCUT2D eigenvalue weighted by atomic mass is 10.1. The topological polar surface area (TPSA) is 92.3 Å². The highest BCUT2D eigenvalue weighted by molar-refractivity contribution is 9.10. The van der Waals surface area contributed by atoms with Crippen LogP contribution >= 0.6 is 27.7 Å². The smallest absolute Gasteiger partial charge is 0.220 e. The van der Waals surface area contributed by atoms with Gasteiger partial charge in [0.05, 0.1) is 11.6 Å². The van der Waals surface area contributed by atoms with Crippen LogP contribution in [0.3, 0.4) is 0 Å². The summed E-state index contributed by atoms with van der Waals surface area (Å²) in [6, 6.07) is 15.2. The summed E-state index contributed by atoms with van der Waals surface area (Å²) in [5.41, 5.74) is 2.00. The lowest BCUT2D eigenvalue weighted by Gasteiger charge is -2.18. The van der Waals surface area contributed by atoms with Crippen LogP contribution in [-0.4, -0.2) is 33.3 Å². The number of nitro groups is 1. The number of nitrogens with zero attached hydrogens (tertiary/aromatic N) is 4. The molecule has 4 aromatic rings. The molecule has 3 aromatic carbocycles. The zero-order valence-electron chi connectivity index (χ0n) is 19.7. The van der Waals surface area contributed by atoms with Crippen molar-refractivity contribution in [3.63, 3.8) is 0 Å². The number of methoxy groups -OCH3 is 1. The Balaban J connectivity index is 1.64. The number of aryl methyl sites for hydroxylation is 1. The number of aromatic nitrogens is 3. The van der Waals surface area contributed by atoms with Gasteiger partial charge in [-0.25, -0.2) is 8.78 Å². The first-order valence-corrected chi connectivity index (χ1v) is 12.6. The Morgan fingerprint density at radius 3 is 2.35 bits per heavy atom. The van der Waals surface area contributed by atoms with Gasteiger partial charge in [0.2, 0.25) is 6.54 Å². The average Bonchev–Trinajstić information content (AvgIpc) is 3.23. The summed E-state index contributed by atoms with van der Waals surface area (Å²) in [4.78, 5) is 11.2. The van der Waals surface area contributed by atoms with E-state index in [1.165, 1.54) is 31.4 Å². The number of hydrogen-bond acceptors (Lipinski definition) is 7. The first-order chi connectivity index (χ1) is 17.7. The van der Waals surface area contributed by atoms with E-state index in [9.17, 15) is 18.9 Å². The van der Waals surface area contributed by atoms with E-state index in [1.54, 1.807) is 47.9 Å². The molecule has 4 rings (SSSR count). The predicted octanol–water partition coefficient (Wildman–Crippen LogP) is 6.31. The molecule has 0 saturated carbocycles. The molecule has 0 unspecified atom stereocenters. The average molecular weight is 591 g/mol. The molecular weight excluding hydrogens is 570 g/mol. The number of benzene rings is 3. The van der Waals surface area contributed by atoms with Gasteiger partial charge in [0.1, 0.15) is 29.3 Å². The molecule has 0 bridgehead atoms. The molecule has 12 heteroatoms. The zero-order chi connectivity index (χ0) is 26.5. The monoisotopic (exact) mass is 590 g/mol. The van der Waals surface area contributed by atoms with Gasteiger partial charge in [-0.15, -0.1) is 10.2 Å². The lowest BCUT2D eigenvalue weighted by Crippen LogP contribution is -2.12. The van der Waals surface area contributed by atoms with E-state index < -0.39 is 16.7 Å². The number of halogens is 3. The maximum atomic E-state index is 13.5. The molecule has 1 heterocycles. The minimum atomic E-state index is -0.658. The molecule has 1 aromatic heterocycles. The summed E-state index contributed by atoms with van der Waals surface area (Å²) in [5, 5.41) is 19.7. The molecule has 0 aliphatic heterocycles. The van der Waals surface area contributed by atoms with Crippen LogP contribution in [0, 0.1) is 28.7 Å². The number of ether oxygens (including phenoxy) is 2.